The van der Waals surface area contributed by atoms with E-state index in [1.165, 1.54) is 11.4 Å². The van der Waals surface area contributed by atoms with E-state index in [0.29, 0.717) is 23.1 Å². The fraction of sp³-hybridized carbons (Fsp3) is 0.562. The van der Waals surface area contributed by atoms with Crippen LogP contribution < -0.4 is 9.62 Å². The van der Waals surface area contributed by atoms with Crippen LogP contribution in [-0.4, -0.2) is 33.7 Å². The molecule has 0 heterocycles. The number of hydrogen-bond donors (Lipinski definition) is 1. The largest absolute Gasteiger partial charge is 0.349 e. The van der Waals surface area contributed by atoms with Gasteiger partial charge < -0.3 is 5.32 Å². The van der Waals surface area contributed by atoms with Crippen molar-refractivity contribution in [2.24, 2.45) is 11.8 Å². The fourth-order valence-electron chi connectivity index (χ4n) is 2.35. The van der Waals surface area contributed by atoms with Crippen molar-refractivity contribution in [1.29, 1.82) is 0 Å². The highest BCUT2D eigenvalue weighted by molar-refractivity contribution is 7.92. The molecule has 0 unspecified atom stereocenters. The molecule has 0 aliphatic carbocycles. The van der Waals surface area contributed by atoms with E-state index >= 15 is 0 Å². The first-order chi connectivity index (χ1) is 10.0. The summed E-state index contributed by atoms with van der Waals surface area (Å²) in [6.45, 7) is 8.31. The first-order valence-electron chi connectivity index (χ1n) is 7.39. The minimum absolute atomic E-state index is 0.103. The molecule has 1 rings (SSSR count). The van der Waals surface area contributed by atoms with Crippen LogP contribution in [0.25, 0.3) is 0 Å². The van der Waals surface area contributed by atoms with Crippen LogP contribution in [-0.2, 0) is 10.0 Å². The fourth-order valence-corrected chi connectivity index (χ4v) is 2.86. The van der Waals surface area contributed by atoms with Crippen molar-refractivity contribution in [1.82, 2.24) is 5.32 Å². The van der Waals surface area contributed by atoms with Gasteiger partial charge in [0.25, 0.3) is 5.91 Å². The van der Waals surface area contributed by atoms with Gasteiger partial charge in [0.1, 0.15) is 0 Å². The summed E-state index contributed by atoms with van der Waals surface area (Å²) in [6.07, 6.45) is 1.14. The highest BCUT2D eigenvalue weighted by atomic mass is 32.2. The summed E-state index contributed by atoms with van der Waals surface area (Å²) < 4.78 is 24.2. The van der Waals surface area contributed by atoms with Crippen LogP contribution in [0.3, 0.4) is 0 Å². The average Bonchev–Trinajstić information content (AvgIpc) is 2.42. The zero-order valence-electron chi connectivity index (χ0n) is 14.1. The third kappa shape index (κ3) is 4.73. The van der Waals surface area contributed by atoms with E-state index in [4.69, 9.17) is 0 Å². The van der Waals surface area contributed by atoms with Crippen LogP contribution in [0, 0.1) is 11.8 Å². The second-order valence-corrected chi connectivity index (χ2v) is 8.28. The van der Waals surface area contributed by atoms with Gasteiger partial charge in [0.2, 0.25) is 10.0 Å². The molecule has 0 atom stereocenters. The predicted octanol–water partition coefficient (Wildman–Crippen LogP) is 2.49. The lowest BCUT2D eigenvalue weighted by molar-refractivity contribution is 0.0910. The van der Waals surface area contributed by atoms with E-state index in [0.717, 1.165) is 6.26 Å². The van der Waals surface area contributed by atoms with Gasteiger partial charge >= 0.3 is 0 Å². The van der Waals surface area contributed by atoms with Gasteiger partial charge in [0.05, 0.1) is 11.9 Å². The number of benzene rings is 1. The summed E-state index contributed by atoms with van der Waals surface area (Å²) in [7, 11) is -1.81. The molecule has 1 N–H and O–H groups in total. The molecule has 0 radical (unpaired) electrons. The number of carbonyl (C=O) groups is 1. The third-order valence-electron chi connectivity index (χ3n) is 3.72. The van der Waals surface area contributed by atoms with Gasteiger partial charge in [-0.05, 0) is 36.1 Å². The second kappa shape index (κ2) is 7.13. The van der Waals surface area contributed by atoms with Crippen LogP contribution in [0.2, 0.25) is 0 Å². The Kier molecular flexibility index (Phi) is 6.00. The summed E-state index contributed by atoms with van der Waals surface area (Å²) in [5.74, 6) is 0.556. The van der Waals surface area contributed by atoms with Crippen LogP contribution in [0.1, 0.15) is 38.1 Å². The Hall–Kier alpha value is -1.56. The number of amides is 1. The molecule has 0 aliphatic rings. The van der Waals surface area contributed by atoms with Gasteiger partial charge in [-0.3, -0.25) is 9.10 Å². The van der Waals surface area contributed by atoms with Gasteiger partial charge in [-0.1, -0.05) is 27.7 Å². The molecule has 124 valence electrons. The smallest absolute Gasteiger partial charge is 0.251 e. The van der Waals surface area contributed by atoms with E-state index in [1.807, 2.05) is 0 Å². The first kappa shape index (κ1) is 18.5. The van der Waals surface area contributed by atoms with Gasteiger partial charge in [-0.15, -0.1) is 0 Å². The second-order valence-electron chi connectivity index (χ2n) is 6.26. The van der Waals surface area contributed by atoms with Crippen molar-refractivity contribution in [3.05, 3.63) is 29.8 Å². The lowest BCUT2D eigenvalue weighted by atomic mass is 9.93. The van der Waals surface area contributed by atoms with Crippen molar-refractivity contribution >= 4 is 21.6 Å². The summed E-state index contributed by atoms with van der Waals surface area (Å²) in [6, 6.07) is 6.66. The van der Waals surface area contributed by atoms with Crippen LogP contribution >= 0.6 is 0 Å². The zero-order chi connectivity index (χ0) is 17.1. The van der Waals surface area contributed by atoms with Crippen molar-refractivity contribution in [2.75, 3.05) is 17.6 Å². The van der Waals surface area contributed by atoms with Crippen LogP contribution in [0.5, 0.6) is 0 Å². The highest BCUT2D eigenvalue weighted by Gasteiger charge is 2.20. The number of nitrogens with one attached hydrogen (secondary N) is 1. The van der Waals surface area contributed by atoms with E-state index in [1.54, 1.807) is 24.3 Å². The van der Waals surface area contributed by atoms with E-state index in [2.05, 4.69) is 33.0 Å². The molecule has 0 saturated heterocycles. The summed E-state index contributed by atoms with van der Waals surface area (Å²) >= 11 is 0. The van der Waals surface area contributed by atoms with Crippen LogP contribution in [0.15, 0.2) is 24.3 Å². The SMILES string of the molecule is CC(C)C(NC(=O)c1ccc(N(C)S(C)(=O)=O)cc1)C(C)C. The lowest BCUT2D eigenvalue weighted by Gasteiger charge is -2.26. The quantitative estimate of drug-likeness (QED) is 0.873. The monoisotopic (exact) mass is 326 g/mol. The normalized spacial score (nSPS) is 12.0. The lowest BCUT2D eigenvalue weighted by Crippen LogP contribution is -2.42. The highest BCUT2D eigenvalue weighted by Crippen LogP contribution is 2.17. The molecule has 1 aromatic rings. The van der Waals surface area contributed by atoms with E-state index in [9.17, 15) is 13.2 Å². The number of hydrogen-bond acceptors (Lipinski definition) is 3. The molecule has 22 heavy (non-hydrogen) atoms. The van der Waals surface area contributed by atoms with Gasteiger partial charge in [-0.25, -0.2) is 8.42 Å². The Morgan fingerprint density at radius 1 is 1.05 bits per heavy atom. The Balaban J connectivity index is 2.89. The van der Waals surface area contributed by atoms with E-state index in [-0.39, 0.29) is 11.9 Å². The zero-order valence-corrected chi connectivity index (χ0v) is 14.9. The topological polar surface area (TPSA) is 66.5 Å². The van der Waals surface area contributed by atoms with Crippen LogP contribution in [0.4, 0.5) is 5.69 Å². The average molecular weight is 326 g/mol. The maximum Gasteiger partial charge on any atom is 0.251 e. The molecule has 1 amide bonds. The minimum Gasteiger partial charge on any atom is -0.349 e. The number of carbonyl (C=O) groups excluding carboxylic acids is 1. The molecular weight excluding hydrogens is 300 g/mol. The number of nitrogens with zero attached hydrogens (tertiary/aromatic N) is 1. The predicted molar refractivity (Wildman–Crippen MR) is 90.6 cm³/mol. The number of anilines is 1. The molecule has 0 saturated carbocycles. The third-order valence-corrected chi connectivity index (χ3v) is 4.93. The Bertz CT molecular complexity index is 599. The maximum absolute atomic E-state index is 12.3. The Morgan fingerprint density at radius 2 is 1.50 bits per heavy atom. The Labute approximate surface area is 133 Å². The van der Waals surface area contributed by atoms with Crippen molar-refractivity contribution in [3.63, 3.8) is 0 Å². The summed E-state index contributed by atoms with van der Waals surface area (Å²) in [5, 5.41) is 3.04. The van der Waals surface area contributed by atoms with Gasteiger partial charge in [-0.2, -0.15) is 0 Å². The number of sulfonamides is 1. The molecule has 6 heteroatoms. The minimum atomic E-state index is -3.30. The molecule has 0 aliphatic heterocycles. The summed E-state index contributed by atoms with van der Waals surface area (Å²) in [4.78, 5) is 12.3. The standard InChI is InChI=1S/C16H26N2O3S/c1-11(2)15(12(3)4)17-16(19)13-7-9-14(10-8-13)18(5)22(6,20)21/h7-12,15H,1-6H3,(H,17,19). The summed E-state index contributed by atoms with van der Waals surface area (Å²) in [5.41, 5.74) is 1.06. The Morgan fingerprint density at radius 3 is 1.86 bits per heavy atom. The molecule has 0 fully saturated rings. The van der Waals surface area contributed by atoms with Gasteiger partial charge in [0.15, 0.2) is 0 Å². The molecule has 0 bridgehead atoms. The van der Waals surface area contributed by atoms with E-state index < -0.39 is 10.0 Å². The molecule has 5 nitrogen and oxygen atoms in total. The molecular formula is C16H26N2O3S. The van der Waals surface area contributed by atoms with Crippen molar-refractivity contribution < 1.29 is 13.2 Å². The van der Waals surface area contributed by atoms with Gasteiger partial charge in [0, 0.05) is 18.7 Å². The first-order valence-corrected chi connectivity index (χ1v) is 9.23. The van der Waals surface area contributed by atoms with Crippen molar-refractivity contribution in [3.8, 4) is 0 Å². The van der Waals surface area contributed by atoms with Crippen molar-refractivity contribution in [2.45, 2.75) is 33.7 Å². The number of rotatable bonds is 6. The molecule has 0 aromatic heterocycles. The molecule has 1 aromatic carbocycles. The molecule has 0 spiro atoms. The maximum atomic E-state index is 12.3.